The summed E-state index contributed by atoms with van der Waals surface area (Å²) in [5.74, 6) is -18.0. The second-order valence-corrected chi connectivity index (χ2v) is 12.2. The molecule has 0 radical (unpaired) electrons. The highest BCUT2D eigenvalue weighted by molar-refractivity contribution is 7.57. The van der Waals surface area contributed by atoms with Gasteiger partial charge in [0.15, 0.2) is 0 Å². The predicted molar refractivity (Wildman–Crippen MR) is 145 cm³/mol. The van der Waals surface area contributed by atoms with E-state index in [0.29, 0.717) is 11.1 Å². The van der Waals surface area contributed by atoms with Crippen LogP contribution in [0.5, 0.6) is 11.5 Å². The van der Waals surface area contributed by atoms with E-state index in [2.05, 4.69) is 9.82 Å². The quantitative estimate of drug-likeness (QED) is 0.0442. The Hall–Kier alpha value is -3.87. The molecule has 0 aliphatic carbocycles. The normalized spacial score (nSPS) is 14.1. The minimum absolute atomic E-state index is 0.0462. The van der Waals surface area contributed by atoms with Crippen molar-refractivity contribution in [2.75, 3.05) is 6.61 Å². The Labute approximate surface area is 244 Å². The number of ether oxygens (including phenoxy) is 2. The van der Waals surface area contributed by atoms with Crippen molar-refractivity contribution in [2.45, 2.75) is 32.2 Å². The summed E-state index contributed by atoms with van der Waals surface area (Å²) < 4.78 is 114. The van der Waals surface area contributed by atoms with Gasteiger partial charge in [0, 0.05) is 4.70 Å². The molecule has 228 valence electrons. The predicted octanol–water partition coefficient (Wildman–Crippen LogP) is 7.99. The van der Waals surface area contributed by atoms with E-state index >= 15 is 4.39 Å². The standard InChI is InChI=1S/C28H22F6NO6PS/c1-3-11-39-27(36)14(2)35-42(38,41-17-7-5-4-6-8-17)26(34)15-9-10-18-16(12-15)13-19(43-18)28(37)40-25-23(32)21(30)20(29)22(31)24(25)33/h4-10,12-14,26H,3,11H2,1-2H3,(H,35,38)/t14-,26+,42-/m0/s1. The van der Waals surface area contributed by atoms with Crippen LogP contribution in [0.25, 0.3) is 10.1 Å². The number of hydrogen-bond donors (Lipinski definition) is 1. The van der Waals surface area contributed by atoms with E-state index in [-0.39, 0.29) is 28.2 Å². The molecular weight excluding hydrogens is 623 g/mol. The third-order valence-corrected chi connectivity index (χ3v) is 9.06. The van der Waals surface area contributed by atoms with E-state index in [0.717, 1.165) is 17.4 Å². The molecule has 1 aromatic heterocycles. The Balaban J connectivity index is 1.63. The molecule has 0 unspecified atom stereocenters. The smallest absolute Gasteiger partial charge is 0.355 e. The molecule has 0 fully saturated rings. The molecule has 0 spiro atoms. The van der Waals surface area contributed by atoms with E-state index in [4.69, 9.17) is 9.26 Å². The number of hydrogen-bond acceptors (Lipinski definition) is 7. The molecule has 0 amide bonds. The average Bonchev–Trinajstić information content (AvgIpc) is 3.43. The zero-order valence-electron chi connectivity index (χ0n) is 22.3. The van der Waals surface area contributed by atoms with Gasteiger partial charge < -0.3 is 14.0 Å². The number of para-hydroxylation sites is 1. The van der Waals surface area contributed by atoms with Crippen LogP contribution >= 0.6 is 18.9 Å². The molecule has 0 aliphatic heterocycles. The summed E-state index contributed by atoms with van der Waals surface area (Å²) in [4.78, 5) is 24.6. The van der Waals surface area contributed by atoms with Crippen LogP contribution in [-0.4, -0.2) is 24.6 Å². The Morgan fingerprint density at radius 1 is 0.930 bits per heavy atom. The lowest BCUT2D eigenvalue weighted by atomic mass is 10.2. The molecule has 0 bridgehead atoms. The summed E-state index contributed by atoms with van der Waals surface area (Å²) in [5, 5.41) is 2.62. The van der Waals surface area contributed by atoms with Crippen molar-refractivity contribution >= 4 is 40.9 Å². The number of rotatable bonds is 11. The molecule has 0 aliphatic rings. The number of carbonyl (C=O) groups excluding carboxylic acids is 2. The lowest BCUT2D eigenvalue weighted by molar-refractivity contribution is -0.145. The molecule has 4 aromatic rings. The van der Waals surface area contributed by atoms with Crippen LogP contribution in [0.15, 0.2) is 54.6 Å². The van der Waals surface area contributed by atoms with Gasteiger partial charge in [-0.1, -0.05) is 31.2 Å². The third kappa shape index (κ3) is 6.87. The van der Waals surface area contributed by atoms with Crippen molar-refractivity contribution < 1.29 is 54.5 Å². The molecule has 43 heavy (non-hydrogen) atoms. The SMILES string of the molecule is CCCOC(=O)[C@H](C)N[P@@](=O)(Oc1ccccc1)[C@@H](F)c1ccc2sc(C(=O)Oc3c(F)c(F)c(F)c(F)c3F)cc2c1. The van der Waals surface area contributed by atoms with Crippen molar-refractivity contribution in [3.8, 4) is 11.5 Å². The summed E-state index contributed by atoms with van der Waals surface area (Å²) in [7, 11) is -4.55. The fraction of sp³-hybridized carbons (Fsp3) is 0.214. The van der Waals surface area contributed by atoms with Crippen LogP contribution in [0.1, 0.15) is 41.4 Å². The third-order valence-electron chi connectivity index (χ3n) is 5.84. The largest absolute Gasteiger partial charge is 0.465 e. The van der Waals surface area contributed by atoms with E-state index in [9.17, 15) is 36.1 Å². The van der Waals surface area contributed by atoms with E-state index in [1.807, 2.05) is 0 Å². The number of halogens is 6. The number of benzene rings is 3. The van der Waals surface area contributed by atoms with Crippen molar-refractivity contribution in [2.24, 2.45) is 0 Å². The Morgan fingerprint density at radius 2 is 1.56 bits per heavy atom. The Kier molecular flexibility index (Phi) is 9.83. The highest BCUT2D eigenvalue weighted by Crippen LogP contribution is 2.58. The highest BCUT2D eigenvalue weighted by atomic mass is 32.1. The fourth-order valence-electron chi connectivity index (χ4n) is 3.75. The first-order valence-electron chi connectivity index (χ1n) is 12.6. The number of fused-ring (bicyclic) bond motifs is 1. The maximum Gasteiger partial charge on any atom is 0.355 e. The molecule has 15 heteroatoms. The number of carbonyl (C=O) groups is 2. The Morgan fingerprint density at radius 3 is 2.19 bits per heavy atom. The van der Waals surface area contributed by atoms with Crippen molar-refractivity contribution in [1.82, 2.24) is 5.09 Å². The van der Waals surface area contributed by atoms with Crippen molar-refractivity contribution in [3.63, 3.8) is 0 Å². The van der Waals surface area contributed by atoms with E-state index in [1.165, 1.54) is 37.3 Å². The minimum atomic E-state index is -4.55. The minimum Gasteiger partial charge on any atom is -0.465 e. The van der Waals surface area contributed by atoms with Crippen molar-refractivity contribution in [3.05, 3.63) is 94.1 Å². The molecule has 7 nitrogen and oxygen atoms in total. The van der Waals surface area contributed by atoms with Crippen LogP contribution in [0.2, 0.25) is 0 Å². The monoisotopic (exact) mass is 645 g/mol. The van der Waals surface area contributed by atoms with Gasteiger partial charge in [0.2, 0.25) is 40.7 Å². The maximum atomic E-state index is 16.0. The van der Waals surface area contributed by atoms with Crippen LogP contribution < -0.4 is 14.3 Å². The average molecular weight is 646 g/mol. The van der Waals surface area contributed by atoms with Gasteiger partial charge in [0.25, 0.3) is 0 Å². The summed E-state index contributed by atoms with van der Waals surface area (Å²) in [5.41, 5.74) is -0.189. The van der Waals surface area contributed by atoms with Gasteiger partial charge in [-0.15, -0.1) is 11.3 Å². The van der Waals surface area contributed by atoms with Gasteiger partial charge in [-0.2, -0.15) is 8.78 Å². The molecule has 0 saturated heterocycles. The number of nitrogens with one attached hydrogen (secondary N) is 1. The Bertz CT molecular complexity index is 1690. The first kappa shape index (κ1) is 32.1. The number of thiophene rings is 1. The zero-order chi connectivity index (χ0) is 31.5. The highest BCUT2D eigenvalue weighted by Gasteiger charge is 2.41. The maximum absolute atomic E-state index is 16.0. The van der Waals surface area contributed by atoms with Crippen LogP contribution in [0, 0.1) is 29.1 Å². The molecule has 1 N–H and O–H groups in total. The zero-order valence-corrected chi connectivity index (χ0v) is 24.0. The molecule has 4 rings (SSSR count). The van der Waals surface area contributed by atoms with Gasteiger partial charge in [-0.05, 0) is 54.6 Å². The summed E-state index contributed by atoms with van der Waals surface area (Å²) in [6, 6.07) is 11.4. The van der Waals surface area contributed by atoms with Crippen LogP contribution in [0.3, 0.4) is 0 Å². The second kappa shape index (κ2) is 13.2. The van der Waals surface area contributed by atoms with Crippen LogP contribution in [-0.2, 0) is 14.1 Å². The topological polar surface area (TPSA) is 90.9 Å². The lowest BCUT2D eigenvalue weighted by Gasteiger charge is -2.26. The second-order valence-electron chi connectivity index (χ2n) is 9.05. The fourth-order valence-corrected chi connectivity index (χ4v) is 6.58. The first-order valence-corrected chi connectivity index (χ1v) is 15.1. The summed E-state index contributed by atoms with van der Waals surface area (Å²) in [6.45, 7) is 3.20. The summed E-state index contributed by atoms with van der Waals surface area (Å²) in [6.07, 6.45) is 0.528. The molecule has 3 atom stereocenters. The van der Waals surface area contributed by atoms with E-state index < -0.39 is 66.2 Å². The van der Waals surface area contributed by atoms with Gasteiger partial charge in [0.1, 0.15) is 16.7 Å². The van der Waals surface area contributed by atoms with E-state index in [1.54, 1.807) is 25.1 Å². The number of esters is 2. The molecule has 1 heterocycles. The van der Waals surface area contributed by atoms with Gasteiger partial charge >= 0.3 is 19.5 Å². The molecule has 0 saturated carbocycles. The van der Waals surface area contributed by atoms with Crippen molar-refractivity contribution in [1.29, 1.82) is 0 Å². The molecule has 3 aromatic carbocycles. The summed E-state index contributed by atoms with van der Waals surface area (Å²) >= 11 is 0.720. The van der Waals surface area contributed by atoms with Gasteiger partial charge in [0.05, 0.1) is 6.61 Å². The molecular formula is C28H22F6NO6PS. The van der Waals surface area contributed by atoms with Gasteiger partial charge in [-0.25, -0.2) is 27.4 Å². The van der Waals surface area contributed by atoms with Gasteiger partial charge in [-0.3, -0.25) is 9.36 Å². The van der Waals surface area contributed by atoms with Crippen LogP contribution in [0.4, 0.5) is 26.3 Å². The first-order chi connectivity index (χ1) is 20.4. The lowest BCUT2D eigenvalue weighted by Crippen LogP contribution is -2.35. The number of alkyl halides is 1.